The number of aliphatic hydroxyl groups excluding tert-OH is 1. The van der Waals surface area contributed by atoms with Crippen LogP contribution < -0.4 is 10.6 Å². The molecule has 0 spiro atoms. The first-order valence-electron chi connectivity index (χ1n) is 18.2. The second kappa shape index (κ2) is 19.3. The second-order valence-electron chi connectivity index (χ2n) is 14.2. The predicted molar refractivity (Wildman–Crippen MR) is 190 cm³/mol. The van der Waals surface area contributed by atoms with Gasteiger partial charge in [-0.3, -0.25) is 9.59 Å². The van der Waals surface area contributed by atoms with E-state index in [0.29, 0.717) is 43.5 Å². The van der Waals surface area contributed by atoms with Gasteiger partial charge in [-0.2, -0.15) is 0 Å². The van der Waals surface area contributed by atoms with Crippen LogP contribution in [0.15, 0.2) is 42.9 Å². The number of aromatic amines is 1. The number of likely N-dealkylation sites (N-methyl/N-ethyl adjacent to an activating group) is 1. The molecule has 2 aliphatic rings. The molecule has 13 heteroatoms. The number of piperazine rings is 1. The summed E-state index contributed by atoms with van der Waals surface area (Å²) in [5, 5.41) is 17.1. The molecule has 4 N–H and O–H groups in total. The fraction of sp³-hybridized carbons (Fsp3) is 0.649. The van der Waals surface area contributed by atoms with Crippen LogP contribution in [0.3, 0.4) is 0 Å². The van der Waals surface area contributed by atoms with Gasteiger partial charge in [-0.1, -0.05) is 76.3 Å². The van der Waals surface area contributed by atoms with Gasteiger partial charge in [0, 0.05) is 65.0 Å². The van der Waals surface area contributed by atoms with Gasteiger partial charge in [0.05, 0.1) is 18.5 Å². The lowest BCUT2D eigenvalue weighted by atomic mass is 9.83. The zero-order valence-electron chi connectivity index (χ0n) is 30.2. The maximum Gasteiger partial charge on any atom is 0.410 e. The predicted octanol–water partition coefficient (Wildman–Crippen LogP) is 3.74. The summed E-state index contributed by atoms with van der Waals surface area (Å²) < 4.78 is 5.92. The van der Waals surface area contributed by atoms with Crippen molar-refractivity contribution in [3.8, 4) is 0 Å². The number of nitrogens with one attached hydrogen (secondary N) is 3. The maximum atomic E-state index is 14.3. The Morgan fingerprint density at radius 3 is 2.30 bits per heavy atom. The fourth-order valence-corrected chi connectivity index (χ4v) is 6.92. The number of imidazole rings is 1. The average molecular weight is 696 g/mol. The SMILES string of the molecule is CNC(=O)N1CCN(C(=O)O[C@@H](Cc2ccccc2)C(=O)N(C)[C@@H](Cc2cnc[nH]2)C(=O)N[C@@H](CC2CCCCC2)[C@@H](O)CCC(C)C)CC1. The standard InChI is InChI=1S/C37H57N7O6/c1-26(2)15-16-32(45)30(21-27-11-7-5-8-12-27)41-34(46)31(23-29-24-39-25-40-29)42(4)35(47)33(22-28-13-9-6-10-14-28)50-37(49)44-19-17-43(18-20-44)36(48)38-3/h6,9-10,13-14,24-27,30-33,45H,5,7-8,11-12,15-23H2,1-4H3,(H,38,48)(H,39,40)(H,41,46)/t30-,31-,32-,33-/m0/s1. The van der Waals surface area contributed by atoms with Crippen LogP contribution in [0, 0.1) is 11.8 Å². The quantitative estimate of drug-likeness (QED) is 0.221. The summed E-state index contributed by atoms with van der Waals surface area (Å²) >= 11 is 0. The Bertz CT molecular complexity index is 1340. The van der Waals surface area contributed by atoms with Crippen LogP contribution in [0.2, 0.25) is 0 Å². The average Bonchev–Trinajstić information content (AvgIpc) is 3.65. The van der Waals surface area contributed by atoms with Gasteiger partial charge >= 0.3 is 12.1 Å². The number of aromatic nitrogens is 2. The van der Waals surface area contributed by atoms with Crippen molar-refractivity contribution >= 4 is 23.9 Å². The number of carbonyl (C=O) groups excluding carboxylic acids is 4. The van der Waals surface area contributed by atoms with Crippen LogP contribution in [0.4, 0.5) is 9.59 Å². The number of ether oxygens (including phenoxy) is 1. The number of H-pyrrole nitrogens is 1. The summed E-state index contributed by atoms with van der Waals surface area (Å²) in [5.41, 5.74) is 1.46. The third-order valence-corrected chi connectivity index (χ3v) is 10.1. The molecule has 13 nitrogen and oxygen atoms in total. The molecule has 4 rings (SSSR count). The van der Waals surface area contributed by atoms with E-state index in [1.54, 1.807) is 25.2 Å². The second-order valence-corrected chi connectivity index (χ2v) is 14.2. The van der Waals surface area contributed by atoms with Crippen LogP contribution in [-0.4, -0.2) is 118 Å². The van der Waals surface area contributed by atoms with Gasteiger partial charge in [-0.25, -0.2) is 14.6 Å². The van der Waals surface area contributed by atoms with E-state index < -0.39 is 36.3 Å². The Morgan fingerprint density at radius 2 is 1.68 bits per heavy atom. The normalized spacial score (nSPS) is 17.8. The topological polar surface area (TPSA) is 160 Å². The summed E-state index contributed by atoms with van der Waals surface area (Å²) in [7, 11) is 3.12. The summed E-state index contributed by atoms with van der Waals surface area (Å²) in [5.74, 6) is -0.0670. The van der Waals surface area contributed by atoms with Gasteiger partial charge in [-0.15, -0.1) is 0 Å². The zero-order chi connectivity index (χ0) is 36.0. The summed E-state index contributed by atoms with van der Waals surface area (Å²) in [6.45, 7) is 5.44. The Hall–Kier alpha value is -4.13. The minimum absolute atomic E-state index is 0.116. The Labute approximate surface area is 296 Å². The van der Waals surface area contributed by atoms with Gasteiger partial charge < -0.3 is 40.2 Å². The molecule has 2 fully saturated rings. The van der Waals surface area contributed by atoms with E-state index in [-0.39, 0.29) is 37.9 Å². The lowest BCUT2D eigenvalue weighted by Gasteiger charge is -2.36. The number of urea groups is 1. The molecule has 5 amide bonds. The molecule has 1 aliphatic heterocycles. The van der Waals surface area contributed by atoms with Gasteiger partial charge in [0.15, 0.2) is 6.10 Å². The summed E-state index contributed by atoms with van der Waals surface area (Å²) in [6.07, 6.45) is 8.59. The van der Waals surface area contributed by atoms with E-state index in [1.165, 1.54) is 22.5 Å². The van der Waals surface area contributed by atoms with Crippen molar-refractivity contribution in [2.45, 2.75) is 102 Å². The van der Waals surface area contributed by atoms with Crippen LogP contribution >= 0.6 is 0 Å². The monoisotopic (exact) mass is 695 g/mol. The zero-order valence-corrected chi connectivity index (χ0v) is 30.2. The molecule has 0 radical (unpaired) electrons. The molecule has 4 atom stereocenters. The lowest BCUT2D eigenvalue weighted by molar-refractivity contribution is -0.146. The van der Waals surface area contributed by atoms with Crippen molar-refractivity contribution in [3.05, 3.63) is 54.1 Å². The molecule has 50 heavy (non-hydrogen) atoms. The number of carbonyl (C=O) groups is 4. The number of hydrogen-bond acceptors (Lipinski definition) is 7. The molecule has 1 aromatic heterocycles. The highest BCUT2D eigenvalue weighted by atomic mass is 16.6. The molecule has 276 valence electrons. The molecular weight excluding hydrogens is 638 g/mol. The van der Waals surface area contributed by atoms with Crippen molar-refractivity contribution < 1.29 is 29.0 Å². The number of hydrogen-bond donors (Lipinski definition) is 4. The highest BCUT2D eigenvalue weighted by Crippen LogP contribution is 2.29. The van der Waals surface area contributed by atoms with Crippen LogP contribution in [0.5, 0.6) is 0 Å². The van der Waals surface area contributed by atoms with Crippen molar-refractivity contribution in [2.75, 3.05) is 40.3 Å². The van der Waals surface area contributed by atoms with E-state index in [1.807, 2.05) is 30.3 Å². The van der Waals surface area contributed by atoms with Gasteiger partial charge in [0.25, 0.3) is 5.91 Å². The maximum absolute atomic E-state index is 14.3. The van der Waals surface area contributed by atoms with E-state index in [4.69, 9.17) is 4.74 Å². The Morgan fingerprint density at radius 1 is 1.00 bits per heavy atom. The Balaban J connectivity index is 1.54. The highest BCUT2D eigenvalue weighted by Gasteiger charge is 2.37. The molecule has 1 aromatic carbocycles. The number of nitrogens with zero attached hydrogens (tertiary/aromatic N) is 4. The molecule has 0 unspecified atom stereocenters. The van der Waals surface area contributed by atoms with E-state index >= 15 is 0 Å². The van der Waals surface area contributed by atoms with Crippen LogP contribution in [0.25, 0.3) is 0 Å². The third-order valence-electron chi connectivity index (χ3n) is 10.1. The Kier molecular flexibility index (Phi) is 14.9. The number of amides is 5. The number of rotatable bonds is 15. The van der Waals surface area contributed by atoms with Gasteiger partial charge in [0.1, 0.15) is 6.04 Å². The number of benzene rings is 1. The van der Waals surface area contributed by atoms with Crippen LogP contribution in [-0.2, 0) is 27.2 Å². The molecule has 0 bridgehead atoms. The van der Waals surface area contributed by atoms with E-state index in [9.17, 15) is 24.3 Å². The first-order chi connectivity index (χ1) is 24.0. The summed E-state index contributed by atoms with van der Waals surface area (Å²) in [6, 6.07) is 7.66. The van der Waals surface area contributed by atoms with Gasteiger partial charge in [-0.05, 0) is 36.7 Å². The van der Waals surface area contributed by atoms with Crippen molar-refractivity contribution in [1.82, 2.24) is 35.3 Å². The summed E-state index contributed by atoms with van der Waals surface area (Å²) in [4.78, 5) is 65.8. The molecule has 2 heterocycles. The lowest BCUT2D eigenvalue weighted by Crippen LogP contribution is -2.57. The number of aliphatic hydroxyl groups is 1. The van der Waals surface area contributed by atoms with Crippen LogP contribution in [0.1, 0.15) is 76.5 Å². The van der Waals surface area contributed by atoms with E-state index in [0.717, 1.165) is 37.7 Å². The van der Waals surface area contributed by atoms with Crippen molar-refractivity contribution in [1.29, 1.82) is 0 Å². The first-order valence-corrected chi connectivity index (χ1v) is 18.2. The highest BCUT2D eigenvalue weighted by molar-refractivity contribution is 5.90. The first kappa shape index (κ1) is 38.7. The van der Waals surface area contributed by atoms with Crippen molar-refractivity contribution in [2.24, 2.45) is 11.8 Å². The third kappa shape index (κ3) is 11.5. The fourth-order valence-electron chi connectivity index (χ4n) is 6.92. The minimum atomic E-state index is -1.21. The molecule has 1 aliphatic carbocycles. The van der Waals surface area contributed by atoms with Crippen molar-refractivity contribution in [3.63, 3.8) is 0 Å². The molecule has 1 saturated carbocycles. The van der Waals surface area contributed by atoms with Gasteiger partial charge in [0.2, 0.25) is 5.91 Å². The minimum Gasteiger partial charge on any atom is -0.436 e. The van der Waals surface area contributed by atoms with E-state index in [2.05, 4.69) is 34.4 Å². The smallest absolute Gasteiger partial charge is 0.410 e. The molecular formula is C37H57N7O6. The largest absolute Gasteiger partial charge is 0.436 e. The molecule has 1 saturated heterocycles. The molecule has 2 aromatic rings.